The van der Waals surface area contributed by atoms with Gasteiger partial charge in [0, 0.05) is 16.7 Å². The van der Waals surface area contributed by atoms with Crippen molar-refractivity contribution < 1.29 is 24.2 Å². The maximum Gasteiger partial charge on any atom is 0.331 e. The van der Waals surface area contributed by atoms with Crippen LogP contribution in [-0.2, 0) is 9.59 Å². The second-order valence-electron chi connectivity index (χ2n) is 7.20. The summed E-state index contributed by atoms with van der Waals surface area (Å²) >= 11 is 0. The molecule has 5 heteroatoms. The van der Waals surface area contributed by atoms with E-state index in [0.29, 0.717) is 16.7 Å². The molecule has 3 rings (SSSR count). The van der Waals surface area contributed by atoms with Crippen molar-refractivity contribution in [2.75, 3.05) is 0 Å². The molecule has 3 aromatic carbocycles. The molecule has 156 valence electrons. The Hall–Kier alpha value is -3.99. The normalized spacial score (nSPS) is 12.0. The van der Waals surface area contributed by atoms with E-state index in [9.17, 15) is 14.0 Å². The fourth-order valence-corrected chi connectivity index (χ4v) is 3.08. The lowest BCUT2D eigenvalue weighted by Crippen LogP contribution is -1.95. The van der Waals surface area contributed by atoms with Crippen molar-refractivity contribution in [2.24, 2.45) is 0 Å². The molecule has 0 heterocycles. The van der Waals surface area contributed by atoms with Crippen molar-refractivity contribution >= 4 is 24.1 Å². The molecule has 3 aromatic rings. The number of halogens is 1. The van der Waals surface area contributed by atoms with E-state index in [0.717, 1.165) is 16.7 Å². The molecule has 31 heavy (non-hydrogen) atoms. The van der Waals surface area contributed by atoms with Gasteiger partial charge in [-0.1, -0.05) is 60.7 Å². The second-order valence-corrected chi connectivity index (χ2v) is 7.20. The van der Waals surface area contributed by atoms with Gasteiger partial charge in [0.25, 0.3) is 0 Å². The lowest BCUT2D eigenvalue weighted by Gasteiger charge is -2.08. The van der Waals surface area contributed by atoms with Crippen molar-refractivity contribution in [3.8, 4) is 22.3 Å². The fraction of sp³-hybridized carbons (Fsp3) is 0.0769. The van der Waals surface area contributed by atoms with E-state index in [1.807, 2.05) is 18.2 Å². The Labute approximate surface area is 179 Å². The first-order valence-electron chi connectivity index (χ1n) is 9.58. The van der Waals surface area contributed by atoms with E-state index in [2.05, 4.69) is 0 Å². The van der Waals surface area contributed by atoms with Gasteiger partial charge in [0.15, 0.2) is 0 Å². The van der Waals surface area contributed by atoms with Crippen LogP contribution in [0, 0.1) is 5.82 Å². The van der Waals surface area contributed by atoms with E-state index >= 15 is 0 Å². The van der Waals surface area contributed by atoms with Crippen molar-refractivity contribution in [3.63, 3.8) is 0 Å². The topological polar surface area (TPSA) is 74.6 Å². The summed E-state index contributed by atoms with van der Waals surface area (Å²) < 4.78 is 14.8. The number of hydrogen-bond acceptors (Lipinski definition) is 2. The Morgan fingerprint density at radius 1 is 0.677 bits per heavy atom. The zero-order valence-electron chi connectivity index (χ0n) is 17.1. The van der Waals surface area contributed by atoms with Gasteiger partial charge in [0.2, 0.25) is 0 Å². The van der Waals surface area contributed by atoms with Crippen LogP contribution < -0.4 is 0 Å². The lowest BCUT2D eigenvalue weighted by molar-refractivity contribution is -0.133. The lowest BCUT2D eigenvalue weighted by atomic mass is 9.98. The number of carboxylic acids is 2. The van der Waals surface area contributed by atoms with Crippen molar-refractivity contribution in [1.29, 1.82) is 0 Å². The zero-order chi connectivity index (χ0) is 22.5. The monoisotopic (exact) mass is 416 g/mol. The van der Waals surface area contributed by atoms with Crippen LogP contribution in [0.3, 0.4) is 0 Å². The molecular formula is C26H21FO4. The van der Waals surface area contributed by atoms with Crippen molar-refractivity contribution in [2.45, 2.75) is 13.8 Å². The van der Waals surface area contributed by atoms with Crippen LogP contribution in [0.4, 0.5) is 4.39 Å². The molecule has 0 aromatic heterocycles. The van der Waals surface area contributed by atoms with Crippen LogP contribution >= 0.6 is 0 Å². The predicted octanol–water partition coefficient (Wildman–Crippen LogP) is 6.14. The molecule has 0 fully saturated rings. The quantitative estimate of drug-likeness (QED) is 0.474. The molecule has 0 aliphatic heterocycles. The first-order chi connectivity index (χ1) is 14.7. The Morgan fingerprint density at radius 3 is 1.52 bits per heavy atom. The van der Waals surface area contributed by atoms with Gasteiger partial charge in [-0.15, -0.1) is 0 Å². The standard InChI is InChI=1S/C26H21FO4/c1-16(25(28)29)13-18-3-7-20(8-4-18)22-11-12-23(24(27)15-22)21-9-5-19(6-10-21)14-17(2)26(30)31/h3-15H,1-2H3,(H,28,29)(H,30,31). The summed E-state index contributed by atoms with van der Waals surface area (Å²) in [5, 5.41) is 17.9. The minimum absolute atomic E-state index is 0.225. The van der Waals surface area contributed by atoms with Gasteiger partial charge in [-0.3, -0.25) is 0 Å². The minimum atomic E-state index is -0.980. The molecule has 2 N–H and O–H groups in total. The maximum absolute atomic E-state index is 14.8. The summed E-state index contributed by atoms with van der Waals surface area (Å²) in [7, 11) is 0. The Balaban J connectivity index is 1.83. The highest BCUT2D eigenvalue weighted by atomic mass is 19.1. The van der Waals surface area contributed by atoms with Crippen molar-refractivity contribution in [3.05, 3.63) is 94.8 Å². The third-order valence-electron chi connectivity index (χ3n) is 4.88. The average Bonchev–Trinajstić information content (AvgIpc) is 2.74. The molecule has 0 bridgehead atoms. The zero-order valence-corrected chi connectivity index (χ0v) is 17.1. The van der Waals surface area contributed by atoms with Gasteiger partial charge in [0.05, 0.1) is 0 Å². The highest BCUT2D eigenvalue weighted by Gasteiger charge is 2.08. The van der Waals surface area contributed by atoms with Gasteiger partial charge >= 0.3 is 11.9 Å². The molecular weight excluding hydrogens is 395 g/mol. The Morgan fingerprint density at radius 2 is 1.10 bits per heavy atom. The number of hydrogen-bond donors (Lipinski definition) is 2. The first kappa shape index (κ1) is 21.7. The third-order valence-corrected chi connectivity index (χ3v) is 4.88. The molecule has 0 atom stereocenters. The molecule has 0 spiro atoms. The van der Waals surface area contributed by atoms with Crippen molar-refractivity contribution in [1.82, 2.24) is 0 Å². The minimum Gasteiger partial charge on any atom is -0.478 e. The number of benzene rings is 3. The van der Waals surface area contributed by atoms with Gasteiger partial charge in [0.1, 0.15) is 5.82 Å². The third kappa shape index (κ3) is 5.34. The summed E-state index contributed by atoms with van der Waals surface area (Å²) in [6.07, 6.45) is 3.13. The van der Waals surface area contributed by atoms with Crippen LogP contribution in [0.1, 0.15) is 25.0 Å². The molecule has 4 nitrogen and oxygen atoms in total. The number of aliphatic carboxylic acids is 2. The largest absolute Gasteiger partial charge is 0.478 e. The molecule has 0 saturated carbocycles. The summed E-state index contributed by atoms with van der Waals surface area (Å²) in [4.78, 5) is 21.9. The van der Waals surface area contributed by atoms with E-state index in [4.69, 9.17) is 10.2 Å². The van der Waals surface area contributed by atoms with E-state index in [-0.39, 0.29) is 17.0 Å². The highest BCUT2D eigenvalue weighted by Crippen LogP contribution is 2.29. The van der Waals surface area contributed by atoms with Crippen LogP contribution in [0.15, 0.2) is 77.9 Å². The SMILES string of the molecule is CC(=Cc1ccc(-c2ccc(-c3ccc(C=C(C)C(=O)O)cc3)c(F)c2)cc1)C(=O)O. The number of carbonyl (C=O) groups is 2. The summed E-state index contributed by atoms with van der Waals surface area (Å²) in [5.41, 5.74) is 4.62. The first-order valence-corrected chi connectivity index (χ1v) is 9.58. The smallest absolute Gasteiger partial charge is 0.331 e. The van der Waals surface area contributed by atoms with Crippen LogP contribution in [0.5, 0.6) is 0 Å². The molecule has 0 aliphatic carbocycles. The van der Waals surface area contributed by atoms with Crippen LogP contribution in [0.2, 0.25) is 0 Å². The predicted molar refractivity (Wildman–Crippen MR) is 120 cm³/mol. The summed E-state index contributed by atoms with van der Waals surface area (Å²) in [6, 6.07) is 19.2. The Kier molecular flexibility index (Phi) is 6.46. The second kappa shape index (κ2) is 9.22. The van der Waals surface area contributed by atoms with Gasteiger partial charge in [-0.05, 0) is 59.9 Å². The van der Waals surface area contributed by atoms with Gasteiger partial charge in [-0.25, -0.2) is 14.0 Å². The molecule has 0 unspecified atom stereocenters. The fourth-order valence-electron chi connectivity index (χ4n) is 3.08. The highest BCUT2D eigenvalue weighted by molar-refractivity contribution is 5.92. The number of carboxylic acid groups (broad SMARTS) is 2. The molecule has 0 aliphatic rings. The van der Waals surface area contributed by atoms with E-state index in [1.165, 1.54) is 19.9 Å². The molecule has 0 saturated heterocycles. The van der Waals surface area contributed by atoms with Gasteiger partial charge < -0.3 is 10.2 Å². The summed E-state index contributed by atoms with van der Waals surface area (Å²) in [5.74, 6) is -2.32. The average molecular weight is 416 g/mol. The molecule has 0 radical (unpaired) electrons. The van der Waals surface area contributed by atoms with E-state index in [1.54, 1.807) is 54.6 Å². The Bertz CT molecular complexity index is 1190. The van der Waals surface area contributed by atoms with Gasteiger partial charge in [-0.2, -0.15) is 0 Å². The summed E-state index contributed by atoms with van der Waals surface area (Å²) in [6.45, 7) is 3.05. The maximum atomic E-state index is 14.8. The van der Waals surface area contributed by atoms with E-state index < -0.39 is 11.9 Å². The molecule has 0 amide bonds. The van der Waals surface area contributed by atoms with Crippen LogP contribution in [0.25, 0.3) is 34.4 Å². The van der Waals surface area contributed by atoms with Crippen LogP contribution in [-0.4, -0.2) is 22.2 Å². The number of rotatable bonds is 6.